The maximum Gasteiger partial charge on any atom is 0.251 e. The third-order valence-corrected chi connectivity index (χ3v) is 3.26. The Balaban J connectivity index is 1.90. The van der Waals surface area contributed by atoms with Crippen molar-refractivity contribution in [3.63, 3.8) is 0 Å². The number of hydrogen-bond donors (Lipinski definition) is 2. The van der Waals surface area contributed by atoms with E-state index in [1.54, 1.807) is 20.0 Å². The van der Waals surface area contributed by atoms with Crippen LogP contribution < -0.4 is 10.6 Å². The van der Waals surface area contributed by atoms with E-state index in [9.17, 15) is 4.79 Å². The zero-order chi connectivity index (χ0) is 13.9. The van der Waals surface area contributed by atoms with Gasteiger partial charge in [-0.2, -0.15) is 0 Å². The molecule has 1 amide bonds. The normalized spacial score (nSPS) is 15.1. The van der Waals surface area contributed by atoms with Crippen molar-refractivity contribution in [2.24, 2.45) is 0 Å². The quantitative estimate of drug-likeness (QED) is 0.820. The third-order valence-electron chi connectivity index (χ3n) is 3.26. The Hall–Kier alpha value is -1.62. The molecule has 1 aliphatic rings. The van der Waals surface area contributed by atoms with E-state index >= 15 is 0 Å². The maximum atomic E-state index is 11.9. The molecular weight excluding hydrogens is 242 g/mol. The Kier molecular flexibility index (Phi) is 4.04. The second-order valence-electron chi connectivity index (χ2n) is 5.37. The molecule has 104 valence electrons. The van der Waals surface area contributed by atoms with Gasteiger partial charge in [0.1, 0.15) is 11.4 Å². The van der Waals surface area contributed by atoms with Crippen molar-refractivity contribution in [1.29, 1.82) is 0 Å². The maximum absolute atomic E-state index is 11.9. The summed E-state index contributed by atoms with van der Waals surface area (Å²) >= 11 is 0. The number of ether oxygens (including phenoxy) is 1. The summed E-state index contributed by atoms with van der Waals surface area (Å²) in [6.07, 6.45) is 4.18. The minimum Gasteiger partial charge on any atom is -0.369 e. The van der Waals surface area contributed by atoms with Crippen LogP contribution in [0.4, 0.5) is 5.82 Å². The average molecular weight is 263 g/mol. The molecule has 1 aromatic heterocycles. The summed E-state index contributed by atoms with van der Waals surface area (Å²) in [5, 5.41) is 6.20. The number of methoxy groups -OCH3 is 1. The topological polar surface area (TPSA) is 63.2 Å². The molecule has 0 bridgehead atoms. The van der Waals surface area contributed by atoms with E-state index in [0.29, 0.717) is 12.6 Å². The molecule has 1 fully saturated rings. The van der Waals surface area contributed by atoms with Crippen molar-refractivity contribution in [1.82, 2.24) is 10.3 Å². The van der Waals surface area contributed by atoms with Crippen LogP contribution in [-0.2, 0) is 16.1 Å². The fourth-order valence-corrected chi connectivity index (χ4v) is 1.59. The highest BCUT2D eigenvalue weighted by Gasteiger charge is 2.26. The van der Waals surface area contributed by atoms with Gasteiger partial charge in [-0.1, -0.05) is 0 Å². The number of hydrogen-bond acceptors (Lipinski definition) is 4. The van der Waals surface area contributed by atoms with Gasteiger partial charge in [-0.15, -0.1) is 0 Å². The van der Waals surface area contributed by atoms with Gasteiger partial charge < -0.3 is 15.4 Å². The van der Waals surface area contributed by atoms with E-state index in [-0.39, 0.29) is 5.91 Å². The van der Waals surface area contributed by atoms with Crippen molar-refractivity contribution in [2.45, 2.75) is 44.9 Å². The molecule has 0 aliphatic heterocycles. The van der Waals surface area contributed by atoms with Crippen molar-refractivity contribution in [3.8, 4) is 0 Å². The lowest BCUT2D eigenvalue weighted by molar-refractivity contribution is -0.139. The molecule has 2 N–H and O–H groups in total. The Morgan fingerprint density at radius 2 is 2.26 bits per heavy atom. The molecule has 2 rings (SSSR count). The molecule has 19 heavy (non-hydrogen) atoms. The predicted molar refractivity (Wildman–Crippen MR) is 73.8 cm³/mol. The van der Waals surface area contributed by atoms with Gasteiger partial charge in [0.2, 0.25) is 0 Å². The molecule has 1 heterocycles. The number of aromatic nitrogens is 1. The Labute approximate surface area is 113 Å². The number of nitrogens with one attached hydrogen (secondary N) is 2. The Morgan fingerprint density at radius 3 is 2.89 bits per heavy atom. The van der Waals surface area contributed by atoms with Crippen LogP contribution in [0.15, 0.2) is 18.3 Å². The first-order valence-corrected chi connectivity index (χ1v) is 6.56. The van der Waals surface area contributed by atoms with Gasteiger partial charge in [0.05, 0.1) is 0 Å². The molecule has 0 spiro atoms. The summed E-state index contributed by atoms with van der Waals surface area (Å²) in [6, 6.07) is 4.45. The zero-order valence-electron chi connectivity index (χ0n) is 11.7. The highest BCUT2D eigenvalue weighted by molar-refractivity contribution is 5.84. The molecule has 1 aliphatic carbocycles. The minimum atomic E-state index is -0.803. The van der Waals surface area contributed by atoms with Gasteiger partial charge in [-0.05, 0) is 44.4 Å². The largest absolute Gasteiger partial charge is 0.369 e. The number of amides is 1. The van der Waals surface area contributed by atoms with Gasteiger partial charge in [-0.25, -0.2) is 4.98 Å². The molecular formula is C14H21N3O2. The minimum absolute atomic E-state index is 0.122. The molecule has 0 aromatic carbocycles. The van der Waals surface area contributed by atoms with E-state index < -0.39 is 5.60 Å². The van der Waals surface area contributed by atoms with E-state index in [4.69, 9.17) is 4.74 Å². The molecule has 5 nitrogen and oxygen atoms in total. The number of rotatable bonds is 6. The molecule has 5 heteroatoms. The highest BCUT2D eigenvalue weighted by Crippen LogP contribution is 2.23. The first-order chi connectivity index (χ1) is 9.01. The fraction of sp³-hybridized carbons (Fsp3) is 0.571. The number of anilines is 1. The Morgan fingerprint density at radius 1 is 1.53 bits per heavy atom. The lowest BCUT2D eigenvalue weighted by Gasteiger charge is -2.21. The first-order valence-electron chi connectivity index (χ1n) is 6.56. The van der Waals surface area contributed by atoms with E-state index in [2.05, 4.69) is 15.6 Å². The first kappa shape index (κ1) is 13.8. The summed E-state index contributed by atoms with van der Waals surface area (Å²) in [6.45, 7) is 3.97. The molecule has 1 saturated carbocycles. The van der Waals surface area contributed by atoms with Gasteiger partial charge in [0.25, 0.3) is 5.91 Å². The average Bonchev–Trinajstić information content (AvgIpc) is 3.20. The molecule has 1 aromatic rings. The van der Waals surface area contributed by atoms with Gasteiger partial charge in [0, 0.05) is 25.9 Å². The van der Waals surface area contributed by atoms with E-state index in [1.807, 2.05) is 12.1 Å². The lowest BCUT2D eigenvalue weighted by Crippen LogP contribution is -2.43. The molecule has 0 saturated heterocycles. The SMILES string of the molecule is COC(C)(C)C(=O)NCc1ccnc(NC2CC2)c1. The van der Waals surface area contributed by atoms with Crippen molar-refractivity contribution >= 4 is 11.7 Å². The van der Waals surface area contributed by atoms with Crippen LogP contribution in [0.1, 0.15) is 32.3 Å². The second kappa shape index (κ2) is 5.57. The highest BCUT2D eigenvalue weighted by atomic mass is 16.5. The van der Waals surface area contributed by atoms with Crippen LogP contribution in [0.2, 0.25) is 0 Å². The predicted octanol–water partition coefficient (Wildman–Crippen LogP) is 1.70. The van der Waals surface area contributed by atoms with Gasteiger partial charge in [0.15, 0.2) is 0 Å². The molecule has 0 radical (unpaired) electrons. The number of carbonyl (C=O) groups is 1. The number of nitrogens with zero attached hydrogens (tertiary/aromatic N) is 1. The standard InChI is InChI=1S/C14H21N3O2/c1-14(2,19-3)13(18)16-9-10-6-7-15-12(8-10)17-11-4-5-11/h6-8,11H,4-5,9H2,1-3H3,(H,15,17)(H,16,18). The summed E-state index contributed by atoms with van der Waals surface area (Å²) in [5.41, 5.74) is 0.223. The third kappa shape index (κ3) is 3.92. The summed E-state index contributed by atoms with van der Waals surface area (Å²) in [7, 11) is 1.53. The summed E-state index contributed by atoms with van der Waals surface area (Å²) in [4.78, 5) is 16.1. The van der Waals surface area contributed by atoms with Gasteiger partial charge >= 0.3 is 0 Å². The van der Waals surface area contributed by atoms with Gasteiger partial charge in [-0.3, -0.25) is 4.79 Å². The Bertz CT molecular complexity index is 456. The van der Waals surface area contributed by atoms with Crippen molar-refractivity contribution < 1.29 is 9.53 Å². The zero-order valence-corrected chi connectivity index (χ0v) is 11.7. The summed E-state index contributed by atoms with van der Waals surface area (Å²) < 4.78 is 5.14. The van der Waals surface area contributed by atoms with Crippen molar-refractivity contribution in [2.75, 3.05) is 12.4 Å². The number of carbonyl (C=O) groups excluding carboxylic acids is 1. The van der Waals surface area contributed by atoms with Crippen LogP contribution in [0.5, 0.6) is 0 Å². The number of pyridine rings is 1. The molecule has 0 atom stereocenters. The monoisotopic (exact) mass is 263 g/mol. The van der Waals surface area contributed by atoms with Crippen molar-refractivity contribution in [3.05, 3.63) is 23.9 Å². The van der Waals surface area contributed by atoms with Crippen LogP contribution in [0.3, 0.4) is 0 Å². The van der Waals surface area contributed by atoms with Crippen LogP contribution in [0, 0.1) is 0 Å². The van der Waals surface area contributed by atoms with Crippen LogP contribution in [-0.4, -0.2) is 29.6 Å². The lowest BCUT2D eigenvalue weighted by atomic mass is 10.1. The smallest absolute Gasteiger partial charge is 0.251 e. The fourth-order valence-electron chi connectivity index (χ4n) is 1.59. The second-order valence-corrected chi connectivity index (χ2v) is 5.37. The summed E-state index contributed by atoms with van der Waals surface area (Å²) in [5.74, 6) is 0.753. The van der Waals surface area contributed by atoms with Crippen LogP contribution >= 0.6 is 0 Å². The molecule has 0 unspecified atom stereocenters. The van der Waals surface area contributed by atoms with Crippen LogP contribution in [0.25, 0.3) is 0 Å². The van der Waals surface area contributed by atoms with E-state index in [0.717, 1.165) is 11.4 Å². The van der Waals surface area contributed by atoms with E-state index in [1.165, 1.54) is 20.0 Å².